The monoisotopic (exact) mass is 256 g/mol. The minimum absolute atomic E-state index is 0.272. The van der Waals surface area contributed by atoms with Gasteiger partial charge in [-0.15, -0.1) is 0 Å². The van der Waals surface area contributed by atoms with E-state index in [0.29, 0.717) is 6.42 Å². The summed E-state index contributed by atoms with van der Waals surface area (Å²) in [6.07, 6.45) is 0.535. The molecule has 0 amide bonds. The summed E-state index contributed by atoms with van der Waals surface area (Å²) in [7, 11) is 0. The fourth-order valence-electron chi connectivity index (χ4n) is 2.35. The van der Waals surface area contributed by atoms with E-state index >= 15 is 0 Å². The number of aliphatic hydroxyl groups is 1. The molecule has 0 spiro atoms. The van der Waals surface area contributed by atoms with E-state index in [1.807, 2.05) is 55.5 Å². The summed E-state index contributed by atoms with van der Waals surface area (Å²) in [6, 6.07) is 15.5. The molecule has 0 aliphatic carbocycles. The lowest BCUT2D eigenvalue weighted by atomic mass is 9.89. The molecule has 1 aliphatic rings. The van der Waals surface area contributed by atoms with Crippen molar-refractivity contribution in [2.75, 3.05) is 6.79 Å². The third-order valence-corrected chi connectivity index (χ3v) is 3.38. The lowest BCUT2D eigenvalue weighted by molar-refractivity contribution is 0.0576. The van der Waals surface area contributed by atoms with E-state index in [2.05, 4.69) is 0 Å². The Balaban J connectivity index is 1.85. The molecule has 0 saturated heterocycles. The van der Waals surface area contributed by atoms with Gasteiger partial charge in [0.1, 0.15) is 0 Å². The first-order chi connectivity index (χ1) is 9.15. The molecule has 1 N–H and O–H groups in total. The lowest BCUT2D eigenvalue weighted by Gasteiger charge is -2.24. The van der Waals surface area contributed by atoms with Crippen LogP contribution in [0.1, 0.15) is 18.1 Å². The van der Waals surface area contributed by atoms with Gasteiger partial charge in [-0.1, -0.05) is 36.4 Å². The summed E-state index contributed by atoms with van der Waals surface area (Å²) in [6.45, 7) is 2.10. The molecule has 3 nitrogen and oxygen atoms in total. The highest BCUT2D eigenvalue weighted by atomic mass is 16.7. The molecule has 1 unspecified atom stereocenters. The van der Waals surface area contributed by atoms with Crippen molar-refractivity contribution in [3.63, 3.8) is 0 Å². The fraction of sp³-hybridized carbons (Fsp3) is 0.250. The van der Waals surface area contributed by atoms with Crippen LogP contribution in [0.25, 0.3) is 0 Å². The molecular formula is C16H16O3. The third kappa shape index (κ3) is 2.42. The Bertz CT molecular complexity index is 576. The molecule has 1 atom stereocenters. The van der Waals surface area contributed by atoms with Crippen molar-refractivity contribution in [1.29, 1.82) is 0 Å². The molecule has 0 radical (unpaired) electrons. The molecule has 1 aliphatic heterocycles. The molecular weight excluding hydrogens is 240 g/mol. The van der Waals surface area contributed by atoms with E-state index in [4.69, 9.17) is 9.47 Å². The standard InChI is InChI=1S/C16H16O3/c1-16(17,13-5-3-2-4-6-13)10-12-7-8-14-15(9-12)19-11-18-14/h2-9,17H,10-11H2,1H3. The maximum atomic E-state index is 10.6. The van der Waals surface area contributed by atoms with Gasteiger partial charge in [-0.05, 0) is 30.2 Å². The molecule has 3 heteroatoms. The summed E-state index contributed by atoms with van der Waals surface area (Å²) in [5.74, 6) is 1.52. The van der Waals surface area contributed by atoms with Crippen LogP contribution in [0.2, 0.25) is 0 Å². The van der Waals surface area contributed by atoms with Gasteiger partial charge in [0.25, 0.3) is 0 Å². The number of hydrogen-bond donors (Lipinski definition) is 1. The van der Waals surface area contributed by atoms with Crippen LogP contribution < -0.4 is 9.47 Å². The Morgan fingerprint density at radius 1 is 1.05 bits per heavy atom. The second-order valence-electron chi connectivity index (χ2n) is 5.00. The molecule has 0 saturated carbocycles. The van der Waals surface area contributed by atoms with Crippen molar-refractivity contribution in [3.8, 4) is 11.5 Å². The van der Waals surface area contributed by atoms with Crippen LogP contribution in [0.15, 0.2) is 48.5 Å². The van der Waals surface area contributed by atoms with Gasteiger partial charge in [-0.2, -0.15) is 0 Å². The van der Waals surface area contributed by atoms with Gasteiger partial charge in [0.15, 0.2) is 11.5 Å². The summed E-state index contributed by atoms with van der Waals surface area (Å²) in [5.41, 5.74) is 1.04. The van der Waals surface area contributed by atoms with Crippen LogP contribution in [0.4, 0.5) is 0 Å². The fourth-order valence-corrected chi connectivity index (χ4v) is 2.35. The Labute approximate surface area is 112 Å². The quantitative estimate of drug-likeness (QED) is 0.917. The van der Waals surface area contributed by atoms with E-state index in [0.717, 1.165) is 22.6 Å². The second-order valence-corrected chi connectivity index (χ2v) is 5.00. The molecule has 19 heavy (non-hydrogen) atoms. The van der Waals surface area contributed by atoms with Gasteiger partial charge >= 0.3 is 0 Å². The molecule has 0 fully saturated rings. The van der Waals surface area contributed by atoms with Crippen molar-refractivity contribution >= 4 is 0 Å². The van der Waals surface area contributed by atoms with Crippen LogP contribution in [-0.2, 0) is 12.0 Å². The van der Waals surface area contributed by atoms with E-state index in [-0.39, 0.29) is 6.79 Å². The number of hydrogen-bond acceptors (Lipinski definition) is 3. The van der Waals surface area contributed by atoms with Gasteiger partial charge < -0.3 is 14.6 Å². The van der Waals surface area contributed by atoms with Crippen LogP contribution in [0, 0.1) is 0 Å². The van der Waals surface area contributed by atoms with Gasteiger partial charge in [-0.25, -0.2) is 0 Å². The van der Waals surface area contributed by atoms with Crippen molar-refractivity contribution in [1.82, 2.24) is 0 Å². The van der Waals surface area contributed by atoms with Crippen LogP contribution in [0.5, 0.6) is 11.5 Å². The first-order valence-electron chi connectivity index (χ1n) is 6.32. The van der Waals surface area contributed by atoms with Gasteiger partial charge in [0.2, 0.25) is 6.79 Å². The molecule has 3 rings (SSSR count). The number of fused-ring (bicyclic) bond motifs is 1. The van der Waals surface area contributed by atoms with Gasteiger partial charge in [-0.3, -0.25) is 0 Å². The average molecular weight is 256 g/mol. The maximum Gasteiger partial charge on any atom is 0.231 e. The third-order valence-electron chi connectivity index (χ3n) is 3.38. The highest BCUT2D eigenvalue weighted by Gasteiger charge is 2.24. The topological polar surface area (TPSA) is 38.7 Å². The minimum atomic E-state index is -0.894. The minimum Gasteiger partial charge on any atom is -0.454 e. The molecule has 0 aromatic heterocycles. The Hall–Kier alpha value is -2.00. The molecule has 2 aromatic carbocycles. The van der Waals surface area contributed by atoms with Crippen LogP contribution in [0.3, 0.4) is 0 Å². The summed E-state index contributed by atoms with van der Waals surface area (Å²) < 4.78 is 10.6. The Morgan fingerprint density at radius 2 is 1.79 bits per heavy atom. The average Bonchev–Trinajstić information content (AvgIpc) is 2.87. The van der Waals surface area contributed by atoms with Crippen molar-refractivity contribution in [2.24, 2.45) is 0 Å². The smallest absolute Gasteiger partial charge is 0.231 e. The predicted molar refractivity (Wildman–Crippen MR) is 72.3 cm³/mol. The zero-order valence-corrected chi connectivity index (χ0v) is 10.8. The summed E-state index contributed by atoms with van der Waals surface area (Å²) >= 11 is 0. The first-order valence-corrected chi connectivity index (χ1v) is 6.32. The van der Waals surface area contributed by atoms with Gasteiger partial charge in [0, 0.05) is 6.42 Å². The SMILES string of the molecule is CC(O)(Cc1ccc2c(c1)OCO2)c1ccccc1. The van der Waals surface area contributed by atoms with E-state index in [1.165, 1.54) is 0 Å². The Kier molecular flexibility index (Phi) is 2.91. The van der Waals surface area contributed by atoms with Crippen molar-refractivity contribution in [3.05, 3.63) is 59.7 Å². The molecule has 1 heterocycles. The first kappa shape index (κ1) is 12.1. The summed E-state index contributed by atoms with van der Waals surface area (Å²) in [5, 5.41) is 10.6. The Morgan fingerprint density at radius 3 is 2.58 bits per heavy atom. The zero-order valence-electron chi connectivity index (χ0n) is 10.8. The highest BCUT2D eigenvalue weighted by molar-refractivity contribution is 5.45. The molecule has 0 bridgehead atoms. The van der Waals surface area contributed by atoms with Crippen molar-refractivity contribution in [2.45, 2.75) is 18.9 Å². The van der Waals surface area contributed by atoms with Crippen LogP contribution in [-0.4, -0.2) is 11.9 Å². The van der Waals surface area contributed by atoms with E-state index in [1.54, 1.807) is 0 Å². The largest absolute Gasteiger partial charge is 0.454 e. The lowest BCUT2D eigenvalue weighted by Crippen LogP contribution is -2.24. The predicted octanol–water partition coefficient (Wildman–Crippen LogP) is 2.87. The second kappa shape index (κ2) is 4.59. The van der Waals surface area contributed by atoms with Crippen LogP contribution >= 0.6 is 0 Å². The zero-order chi connectivity index (χ0) is 13.3. The summed E-state index contributed by atoms with van der Waals surface area (Å²) in [4.78, 5) is 0. The highest BCUT2D eigenvalue weighted by Crippen LogP contribution is 2.34. The number of ether oxygens (including phenoxy) is 2. The van der Waals surface area contributed by atoms with Gasteiger partial charge in [0.05, 0.1) is 5.60 Å². The normalized spacial score (nSPS) is 16.1. The molecule has 98 valence electrons. The van der Waals surface area contributed by atoms with E-state index in [9.17, 15) is 5.11 Å². The van der Waals surface area contributed by atoms with E-state index < -0.39 is 5.60 Å². The number of benzene rings is 2. The number of rotatable bonds is 3. The molecule has 2 aromatic rings. The maximum absolute atomic E-state index is 10.6. The van der Waals surface area contributed by atoms with Crippen molar-refractivity contribution < 1.29 is 14.6 Å².